The number of hydrogen-bond acceptors (Lipinski definition) is 5. The van der Waals surface area contributed by atoms with Crippen molar-refractivity contribution in [3.8, 4) is 11.3 Å². The molecule has 3 heterocycles. The Morgan fingerprint density at radius 3 is 2.86 bits per heavy atom. The van der Waals surface area contributed by atoms with Gasteiger partial charge < -0.3 is 9.84 Å². The largest absolute Gasteiger partial charge is 0.351 e. The summed E-state index contributed by atoms with van der Waals surface area (Å²) in [6.07, 6.45) is 1.70. The number of anilines is 1. The Kier molecular flexibility index (Phi) is 3.53. The summed E-state index contributed by atoms with van der Waals surface area (Å²) in [5, 5.41) is 8.55. The minimum Gasteiger partial charge on any atom is -0.351 e. The van der Waals surface area contributed by atoms with E-state index in [0.717, 1.165) is 11.3 Å². The van der Waals surface area contributed by atoms with Crippen LogP contribution in [-0.2, 0) is 0 Å². The zero-order chi connectivity index (χ0) is 14.8. The molecule has 1 amide bonds. The maximum atomic E-state index is 12.1. The van der Waals surface area contributed by atoms with E-state index in [9.17, 15) is 4.79 Å². The zero-order valence-electron chi connectivity index (χ0n) is 11.6. The van der Waals surface area contributed by atoms with Crippen LogP contribution in [0.15, 0.2) is 40.4 Å². The molecule has 0 spiro atoms. The van der Waals surface area contributed by atoms with E-state index in [0.29, 0.717) is 11.4 Å². The highest BCUT2D eigenvalue weighted by molar-refractivity contribution is 7.10. The van der Waals surface area contributed by atoms with Crippen molar-refractivity contribution in [1.29, 1.82) is 0 Å². The maximum Gasteiger partial charge on any atom is 0.294 e. The number of carbonyl (C=O) groups excluding carboxylic acids is 1. The Morgan fingerprint density at radius 2 is 2.19 bits per heavy atom. The molecule has 0 aliphatic heterocycles. The number of aromatic nitrogens is 2. The third kappa shape index (κ3) is 2.85. The number of thiophene rings is 1. The van der Waals surface area contributed by atoms with Crippen LogP contribution in [0.25, 0.3) is 11.3 Å². The Bertz CT molecular complexity index is 792. The molecule has 1 N–H and O–H groups in total. The highest BCUT2D eigenvalue weighted by Crippen LogP contribution is 2.29. The van der Waals surface area contributed by atoms with Crippen LogP contribution in [0.4, 0.5) is 5.69 Å². The van der Waals surface area contributed by atoms with Gasteiger partial charge in [-0.25, -0.2) is 0 Å². The number of rotatable bonds is 3. The molecular weight excluding hydrogens is 286 g/mol. The van der Waals surface area contributed by atoms with E-state index < -0.39 is 0 Å². The second-order valence-corrected chi connectivity index (χ2v) is 5.75. The van der Waals surface area contributed by atoms with Gasteiger partial charge in [0.1, 0.15) is 0 Å². The topological polar surface area (TPSA) is 68.0 Å². The summed E-state index contributed by atoms with van der Waals surface area (Å²) in [6, 6.07) is 7.24. The smallest absolute Gasteiger partial charge is 0.294 e. The van der Waals surface area contributed by atoms with E-state index in [4.69, 9.17) is 4.52 Å². The van der Waals surface area contributed by atoms with Crippen molar-refractivity contribution in [2.24, 2.45) is 0 Å². The highest BCUT2D eigenvalue weighted by atomic mass is 32.1. The third-order valence-corrected chi connectivity index (χ3v) is 3.77. The van der Waals surface area contributed by atoms with E-state index in [2.05, 4.69) is 15.5 Å². The number of carbonyl (C=O) groups is 1. The van der Waals surface area contributed by atoms with Gasteiger partial charge >= 0.3 is 0 Å². The van der Waals surface area contributed by atoms with Crippen molar-refractivity contribution in [2.45, 2.75) is 13.8 Å². The average Bonchev–Trinajstić information content (AvgIpc) is 3.08. The van der Waals surface area contributed by atoms with Gasteiger partial charge in [-0.3, -0.25) is 9.78 Å². The van der Waals surface area contributed by atoms with Crippen LogP contribution in [0, 0.1) is 13.8 Å². The molecule has 0 saturated carbocycles. The zero-order valence-corrected chi connectivity index (χ0v) is 12.4. The molecule has 0 atom stereocenters. The van der Waals surface area contributed by atoms with Gasteiger partial charge in [-0.2, -0.15) is 0 Å². The van der Waals surface area contributed by atoms with Gasteiger partial charge in [-0.05, 0) is 32.0 Å². The lowest BCUT2D eigenvalue weighted by atomic mass is 10.1. The van der Waals surface area contributed by atoms with E-state index in [1.165, 1.54) is 4.88 Å². The summed E-state index contributed by atoms with van der Waals surface area (Å²) in [6.45, 7) is 3.80. The lowest BCUT2D eigenvalue weighted by molar-refractivity contribution is 0.0988. The molecule has 0 bridgehead atoms. The number of hydrogen-bond donors (Lipinski definition) is 1. The first kappa shape index (κ1) is 13.5. The number of aryl methyl sites for hydroxylation is 2. The lowest BCUT2D eigenvalue weighted by Gasteiger charge is -2.07. The lowest BCUT2D eigenvalue weighted by Crippen LogP contribution is -2.12. The molecule has 0 aromatic carbocycles. The molecule has 0 radical (unpaired) electrons. The Balaban J connectivity index is 1.91. The molecule has 106 valence electrons. The number of amides is 1. The van der Waals surface area contributed by atoms with Gasteiger partial charge in [0.15, 0.2) is 0 Å². The molecule has 0 saturated heterocycles. The van der Waals surface area contributed by atoms with E-state index in [1.54, 1.807) is 36.6 Å². The summed E-state index contributed by atoms with van der Waals surface area (Å²) >= 11 is 1.65. The molecule has 0 aliphatic rings. The van der Waals surface area contributed by atoms with Crippen molar-refractivity contribution in [3.05, 3.63) is 52.2 Å². The molecule has 3 aromatic heterocycles. The molecule has 0 unspecified atom stereocenters. The Labute approximate surface area is 125 Å². The van der Waals surface area contributed by atoms with Crippen molar-refractivity contribution < 1.29 is 9.32 Å². The second-order valence-electron chi connectivity index (χ2n) is 4.63. The van der Waals surface area contributed by atoms with Crippen LogP contribution < -0.4 is 5.32 Å². The maximum absolute atomic E-state index is 12.1. The molecule has 3 aromatic rings. The van der Waals surface area contributed by atoms with Gasteiger partial charge in [-0.15, -0.1) is 11.3 Å². The third-order valence-electron chi connectivity index (χ3n) is 2.91. The van der Waals surface area contributed by atoms with Gasteiger partial charge in [0, 0.05) is 28.1 Å². The number of nitrogens with one attached hydrogen (secondary N) is 1. The fourth-order valence-electron chi connectivity index (χ4n) is 1.96. The van der Waals surface area contributed by atoms with Gasteiger partial charge in [-0.1, -0.05) is 5.16 Å². The fraction of sp³-hybridized carbons (Fsp3) is 0.133. The Morgan fingerprint density at radius 1 is 1.33 bits per heavy atom. The molecule has 0 aliphatic carbocycles. The molecule has 6 heteroatoms. The van der Waals surface area contributed by atoms with E-state index in [1.807, 2.05) is 24.4 Å². The van der Waals surface area contributed by atoms with Crippen LogP contribution in [0.1, 0.15) is 21.1 Å². The van der Waals surface area contributed by atoms with Crippen molar-refractivity contribution in [1.82, 2.24) is 10.1 Å². The predicted molar refractivity (Wildman–Crippen MR) is 81.5 cm³/mol. The van der Waals surface area contributed by atoms with Crippen molar-refractivity contribution in [3.63, 3.8) is 0 Å². The first-order valence-corrected chi connectivity index (χ1v) is 7.26. The SMILES string of the molecule is Cc1cc(C(=O)Nc2cccnc2-c2csc(C)c2)on1. The van der Waals surface area contributed by atoms with E-state index >= 15 is 0 Å². The quantitative estimate of drug-likeness (QED) is 0.801. The van der Waals surface area contributed by atoms with Gasteiger partial charge in [0.05, 0.1) is 17.1 Å². The minimum absolute atomic E-state index is 0.184. The first-order chi connectivity index (χ1) is 10.1. The molecular formula is C15H13N3O2S. The molecule has 5 nitrogen and oxygen atoms in total. The van der Waals surface area contributed by atoms with Crippen LogP contribution in [-0.4, -0.2) is 16.0 Å². The summed E-state index contributed by atoms with van der Waals surface area (Å²) in [5.41, 5.74) is 3.04. The number of pyridine rings is 1. The summed E-state index contributed by atoms with van der Waals surface area (Å²) < 4.78 is 4.97. The van der Waals surface area contributed by atoms with Crippen molar-refractivity contribution in [2.75, 3.05) is 5.32 Å². The van der Waals surface area contributed by atoms with Crippen LogP contribution in [0.3, 0.4) is 0 Å². The van der Waals surface area contributed by atoms with Crippen LogP contribution >= 0.6 is 11.3 Å². The summed E-state index contributed by atoms with van der Waals surface area (Å²) in [7, 11) is 0. The fourth-order valence-corrected chi connectivity index (χ4v) is 2.65. The average molecular weight is 299 g/mol. The standard InChI is InChI=1S/C15H13N3O2S/c1-9-6-13(20-18-9)15(19)17-12-4-3-5-16-14(12)11-7-10(2)21-8-11/h3-8H,1-2H3,(H,17,19). The minimum atomic E-state index is -0.336. The molecule has 3 rings (SSSR count). The summed E-state index contributed by atoms with van der Waals surface area (Å²) in [4.78, 5) is 17.7. The van der Waals surface area contributed by atoms with Crippen molar-refractivity contribution >= 4 is 22.9 Å². The monoisotopic (exact) mass is 299 g/mol. The van der Waals surface area contributed by atoms with Gasteiger partial charge in [0.2, 0.25) is 5.76 Å². The van der Waals surface area contributed by atoms with Crippen LogP contribution in [0.5, 0.6) is 0 Å². The normalized spacial score (nSPS) is 10.6. The Hall–Kier alpha value is -2.47. The number of nitrogens with zero attached hydrogens (tertiary/aromatic N) is 2. The predicted octanol–water partition coefficient (Wildman–Crippen LogP) is 3.67. The second kappa shape index (κ2) is 5.49. The van der Waals surface area contributed by atoms with Gasteiger partial charge in [0.25, 0.3) is 5.91 Å². The van der Waals surface area contributed by atoms with E-state index in [-0.39, 0.29) is 11.7 Å². The molecule has 0 fully saturated rings. The molecule has 21 heavy (non-hydrogen) atoms. The van der Waals surface area contributed by atoms with Crippen LogP contribution in [0.2, 0.25) is 0 Å². The first-order valence-electron chi connectivity index (χ1n) is 6.38. The summed E-state index contributed by atoms with van der Waals surface area (Å²) in [5.74, 6) is -0.152. The highest BCUT2D eigenvalue weighted by Gasteiger charge is 2.15.